The second-order valence-corrected chi connectivity index (χ2v) is 11.0. The van der Waals surface area contributed by atoms with E-state index in [9.17, 15) is 14.7 Å². The maximum Gasteiger partial charge on any atom is 0.276 e. The number of hydrogen-bond acceptors (Lipinski definition) is 9. The van der Waals surface area contributed by atoms with Gasteiger partial charge in [-0.1, -0.05) is 11.6 Å². The third-order valence-corrected chi connectivity index (χ3v) is 7.68. The average molecular weight is 554 g/mol. The van der Waals surface area contributed by atoms with Crippen LogP contribution in [-0.4, -0.2) is 73.3 Å². The van der Waals surface area contributed by atoms with Crippen molar-refractivity contribution in [3.63, 3.8) is 0 Å². The van der Waals surface area contributed by atoms with Gasteiger partial charge in [-0.25, -0.2) is 14.5 Å². The molecule has 2 amide bonds. The number of imidazole rings is 1. The van der Waals surface area contributed by atoms with Crippen molar-refractivity contribution < 1.29 is 14.7 Å². The summed E-state index contributed by atoms with van der Waals surface area (Å²) in [5.41, 5.74) is 2.25. The molecule has 2 atom stereocenters. The third-order valence-electron chi connectivity index (χ3n) is 7.47. The van der Waals surface area contributed by atoms with E-state index in [1.165, 1.54) is 12.4 Å². The molecule has 4 heterocycles. The molecule has 0 bridgehead atoms. The number of aliphatic hydroxyl groups excluding tert-OH is 1. The van der Waals surface area contributed by atoms with Crippen LogP contribution in [0.3, 0.4) is 0 Å². The first-order valence-electron chi connectivity index (χ1n) is 13.5. The molecule has 3 aromatic heterocycles. The van der Waals surface area contributed by atoms with Gasteiger partial charge in [0.15, 0.2) is 11.3 Å². The summed E-state index contributed by atoms with van der Waals surface area (Å²) >= 11 is 5.96. The molecule has 1 aliphatic heterocycles. The number of aliphatic hydroxyl groups is 1. The molecular weight excluding hydrogens is 522 g/mol. The summed E-state index contributed by atoms with van der Waals surface area (Å²) in [4.78, 5) is 34.1. The summed E-state index contributed by atoms with van der Waals surface area (Å²) in [6.07, 6.45) is 8.68. The summed E-state index contributed by atoms with van der Waals surface area (Å²) in [6.45, 7) is 0.460. The molecule has 0 radical (unpaired) electrons. The van der Waals surface area contributed by atoms with E-state index in [4.69, 9.17) is 16.7 Å². The predicted molar refractivity (Wildman–Crippen MR) is 147 cm³/mol. The monoisotopic (exact) mass is 553 g/mol. The van der Waals surface area contributed by atoms with E-state index < -0.39 is 6.10 Å². The Morgan fingerprint density at radius 3 is 2.49 bits per heavy atom. The first-order chi connectivity index (χ1) is 18.9. The van der Waals surface area contributed by atoms with Crippen LogP contribution in [0.5, 0.6) is 0 Å². The van der Waals surface area contributed by atoms with Crippen molar-refractivity contribution in [2.45, 2.75) is 75.2 Å². The van der Waals surface area contributed by atoms with E-state index in [1.54, 1.807) is 16.6 Å². The number of nitrogens with one attached hydrogen (secondary N) is 5. The Labute approximate surface area is 230 Å². The fourth-order valence-electron chi connectivity index (χ4n) is 5.23. The average Bonchev–Trinajstić information content (AvgIpc) is 3.44. The molecule has 0 unspecified atom stereocenters. The van der Waals surface area contributed by atoms with E-state index in [0.29, 0.717) is 41.9 Å². The molecule has 6 rings (SSSR count). The van der Waals surface area contributed by atoms with Gasteiger partial charge in [-0.3, -0.25) is 9.59 Å². The minimum absolute atomic E-state index is 0.0363. The van der Waals surface area contributed by atoms with Gasteiger partial charge in [0.1, 0.15) is 11.0 Å². The Balaban J connectivity index is 1.14. The van der Waals surface area contributed by atoms with Crippen molar-refractivity contribution in [1.29, 1.82) is 0 Å². The van der Waals surface area contributed by atoms with Crippen molar-refractivity contribution in [3.8, 4) is 0 Å². The van der Waals surface area contributed by atoms with E-state index in [2.05, 4.69) is 36.6 Å². The number of β-amino-alcohol motifs (C(OH)–C–C–N with tert-alkyl or cyclic N) is 1. The second-order valence-electron chi connectivity index (χ2n) is 10.6. The number of halogens is 1. The molecule has 12 nitrogen and oxygen atoms in total. The summed E-state index contributed by atoms with van der Waals surface area (Å²) in [5, 5.41) is 30.8. The topological polar surface area (TPSA) is 158 Å². The van der Waals surface area contributed by atoms with Gasteiger partial charge < -0.3 is 31.7 Å². The largest absolute Gasteiger partial charge is 0.392 e. The van der Waals surface area contributed by atoms with E-state index >= 15 is 0 Å². The van der Waals surface area contributed by atoms with Crippen molar-refractivity contribution in [2.75, 3.05) is 22.5 Å². The molecule has 1 saturated heterocycles. The number of rotatable bonds is 8. The van der Waals surface area contributed by atoms with Crippen LogP contribution >= 0.6 is 11.6 Å². The normalized spacial score (nSPS) is 24.9. The molecule has 13 heteroatoms. The highest BCUT2D eigenvalue weighted by Crippen LogP contribution is 2.30. The summed E-state index contributed by atoms with van der Waals surface area (Å²) in [6, 6.07) is 5.57. The molecule has 0 aromatic carbocycles. The quantitative estimate of drug-likeness (QED) is 0.230. The van der Waals surface area contributed by atoms with Crippen LogP contribution < -0.4 is 26.6 Å². The fourth-order valence-corrected chi connectivity index (χ4v) is 5.41. The van der Waals surface area contributed by atoms with Gasteiger partial charge in [0, 0.05) is 42.6 Å². The van der Waals surface area contributed by atoms with Gasteiger partial charge in [-0.15, -0.1) is 5.10 Å². The Bertz CT molecular complexity index is 1370. The van der Waals surface area contributed by atoms with Gasteiger partial charge in [0.2, 0.25) is 5.91 Å². The minimum Gasteiger partial charge on any atom is -0.392 e. The smallest absolute Gasteiger partial charge is 0.276 e. The van der Waals surface area contributed by atoms with Crippen molar-refractivity contribution >= 4 is 46.3 Å². The van der Waals surface area contributed by atoms with Gasteiger partial charge >= 0.3 is 0 Å². The Kier molecular flexibility index (Phi) is 7.24. The molecule has 39 heavy (non-hydrogen) atoms. The molecule has 2 aliphatic carbocycles. The lowest BCUT2D eigenvalue weighted by Crippen LogP contribution is -2.47. The number of nitrogens with zero attached hydrogens (tertiary/aromatic N) is 4. The maximum atomic E-state index is 13.1. The predicted octanol–water partition coefficient (Wildman–Crippen LogP) is 2.17. The number of carbonyl (C=O) groups excluding carboxylic acids is 2. The second kappa shape index (κ2) is 10.9. The summed E-state index contributed by atoms with van der Waals surface area (Å²) in [5.74, 6) is 0.263. The van der Waals surface area contributed by atoms with Crippen LogP contribution in [0.2, 0.25) is 5.15 Å². The first-order valence-corrected chi connectivity index (χ1v) is 13.9. The van der Waals surface area contributed by atoms with Gasteiger partial charge in [-0.2, -0.15) is 0 Å². The lowest BCUT2D eigenvalue weighted by Gasteiger charge is -2.30. The van der Waals surface area contributed by atoms with Crippen LogP contribution in [0.15, 0.2) is 30.6 Å². The van der Waals surface area contributed by atoms with E-state index in [0.717, 1.165) is 44.2 Å². The Hall–Kier alpha value is -3.48. The van der Waals surface area contributed by atoms with E-state index in [-0.39, 0.29) is 35.1 Å². The maximum absolute atomic E-state index is 13.1. The minimum atomic E-state index is -0.457. The number of aromatic nitrogens is 4. The van der Waals surface area contributed by atoms with Gasteiger partial charge in [-0.05, 0) is 57.1 Å². The highest BCUT2D eigenvalue weighted by molar-refractivity contribution is 6.29. The molecule has 0 spiro atoms. The van der Waals surface area contributed by atoms with Crippen molar-refractivity contribution in [2.24, 2.45) is 0 Å². The van der Waals surface area contributed by atoms with Crippen LogP contribution in [0.1, 0.15) is 55.4 Å². The van der Waals surface area contributed by atoms with Crippen LogP contribution in [0.4, 0.5) is 17.2 Å². The number of pyridine rings is 1. The molecule has 206 valence electrons. The number of anilines is 3. The molecule has 3 fully saturated rings. The molecule has 2 saturated carbocycles. The fraction of sp³-hybridized carbons (Fsp3) is 0.500. The van der Waals surface area contributed by atoms with Gasteiger partial charge in [0.05, 0.1) is 24.0 Å². The van der Waals surface area contributed by atoms with Gasteiger partial charge in [0.25, 0.3) is 5.91 Å². The third kappa shape index (κ3) is 6.07. The first kappa shape index (κ1) is 25.8. The highest BCUT2D eigenvalue weighted by Gasteiger charge is 2.31. The van der Waals surface area contributed by atoms with E-state index in [1.807, 2.05) is 6.07 Å². The molecule has 3 aromatic rings. The standard InChI is InChI=1S/C26H32ClN9O3/c27-22-9-17(7-8-28-22)34-26(39)21-13-30-24-19(31-14-1-2-14)11-23(35-36(21)24)32-15-3-5-16(6-4-15)33-25(38)20-10-18(37)12-29-20/h7-9,11,13-16,18,20,29,31,37H,1-6,10,12H2,(H,32,35)(H,33,38)(H,28,34,39)/t15?,16?,18-,20+/m1/s1. The van der Waals surface area contributed by atoms with Crippen molar-refractivity contribution in [3.05, 3.63) is 41.4 Å². The number of amides is 2. The Morgan fingerprint density at radius 1 is 1.03 bits per heavy atom. The van der Waals surface area contributed by atoms with Crippen LogP contribution in [0, 0.1) is 0 Å². The molecular formula is C26H32ClN9O3. The van der Waals surface area contributed by atoms with Crippen molar-refractivity contribution in [1.82, 2.24) is 30.2 Å². The number of carbonyl (C=O) groups is 2. The summed E-state index contributed by atoms with van der Waals surface area (Å²) in [7, 11) is 0. The number of hydrogen-bond donors (Lipinski definition) is 6. The Morgan fingerprint density at radius 2 is 1.77 bits per heavy atom. The zero-order chi connectivity index (χ0) is 26.9. The molecule has 3 aliphatic rings. The number of fused-ring (bicyclic) bond motifs is 1. The summed E-state index contributed by atoms with van der Waals surface area (Å²) < 4.78 is 1.57. The zero-order valence-electron chi connectivity index (χ0n) is 21.4. The molecule has 6 N–H and O–H groups in total. The lowest BCUT2D eigenvalue weighted by molar-refractivity contribution is -0.123. The SMILES string of the molecule is O=C(Nc1ccnc(Cl)c1)c1cnc2c(NC3CC3)cc(NC3CCC(NC(=O)[C@@H]4C[C@@H](O)CN4)CC3)nn12. The highest BCUT2D eigenvalue weighted by atomic mass is 35.5. The zero-order valence-corrected chi connectivity index (χ0v) is 22.1. The lowest BCUT2D eigenvalue weighted by atomic mass is 9.91. The van der Waals surface area contributed by atoms with Crippen LogP contribution in [-0.2, 0) is 4.79 Å². The van der Waals surface area contributed by atoms with Crippen LogP contribution in [0.25, 0.3) is 5.65 Å².